The molecular weight excluding hydrogens is 340 g/mol. The van der Waals surface area contributed by atoms with Gasteiger partial charge in [0, 0.05) is 0 Å². The van der Waals surface area contributed by atoms with Crippen molar-refractivity contribution in [3.8, 4) is 0 Å². The van der Waals surface area contributed by atoms with Crippen molar-refractivity contribution < 1.29 is 5.11 Å². The molecule has 0 aromatic heterocycles. The molecule has 4 aliphatic carbocycles. The molecule has 0 aromatic carbocycles. The molecule has 5 unspecified atom stereocenters. The Morgan fingerprint density at radius 3 is 2.32 bits per heavy atom. The van der Waals surface area contributed by atoms with Crippen LogP contribution in [0.4, 0.5) is 0 Å². The van der Waals surface area contributed by atoms with Crippen LogP contribution < -0.4 is 0 Å². The minimum Gasteiger partial charge on any atom is -0.393 e. The molecule has 4 rings (SSSR count). The van der Waals surface area contributed by atoms with Crippen LogP contribution in [0.3, 0.4) is 0 Å². The minimum atomic E-state index is -0.0172. The monoisotopic (exact) mass is 388 g/mol. The fourth-order valence-corrected chi connectivity index (χ4v) is 9.38. The third kappa shape index (κ3) is 3.40. The van der Waals surface area contributed by atoms with E-state index in [4.69, 9.17) is 0 Å². The first-order valence-corrected chi connectivity index (χ1v) is 13.0. The largest absolute Gasteiger partial charge is 0.393 e. The van der Waals surface area contributed by atoms with Crippen molar-refractivity contribution in [1.82, 2.24) is 0 Å². The zero-order valence-electron chi connectivity index (χ0n) is 19.6. The van der Waals surface area contributed by atoms with Gasteiger partial charge < -0.3 is 5.11 Å². The lowest BCUT2D eigenvalue weighted by Gasteiger charge is -2.62. The van der Waals surface area contributed by atoms with Crippen LogP contribution in [0.5, 0.6) is 0 Å². The van der Waals surface area contributed by atoms with Crippen LogP contribution in [0.25, 0.3) is 0 Å². The maximum Gasteiger partial charge on any atom is 0.0576 e. The predicted molar refractivity (Wildman–Crippen MR) is 119 cm³/mol. The average Bonchev–Trinajstić information content (AvgIpc) is 2.99. The van der Waals surface area contributed by atoms with Gasteiger partial charge in [0.25, 0.3) is 0 Å². The van der Waals surface area contributed by atoms with Gasteiger partial charge in [0.1, 0.15) is 0 Å². The summed E-state index contributed by atoms with van der Waals surface area (Å²) in [5.41, 5.74) is 0.985. The van der Waals surface area contributed by atoms with E-state index in [-0.39, 0.29) is 6.10 Å². The highest BCUT2D eigenvalue weighted by Crippen LogP contribution is 2.68. The van der Waals surface area contributed by atoms with Gasteiger partial charge in [-0.15, -0.1) is 0 Å². The van der Waals surface area contributed by atoms with Crippen molar-refractivity contribution >= 4 is 0 Å². The van der Waals surface area contributed by atoms with E-state index in [9.17, 15) is 5.11 Å². The quantitative estimate of drug-likeness (QED) is 0.518. The van der Waals surface area contributed by atoms with Crippen LogP contribution in [0.15, 0.2) is 0 Å². The Morgan fingerprint density at radius 1 is 0.821 bits per heavy atom. The van der Waals surface area contributed by atoms with Crippen LogP contribution in [-0.4, -0.2) is 11.2 Å². The summed E-state index contributed by atoms with van der Waals surface area (Å²) in [4.78, 5) is 0. The molecule has 0 amide bonds. The normalized spacial score (nSPS) is 49.4. The molecule has 4 saturated carbocycles. The molecule has 4 aliphatic rings. The SMILES string of the molecule is CC(C)CCC[C@@H](C)C1CCC2C3C[C@@H](O)C4CCCC[C@]4(C)C3CC[C@@]21C. The second kappa shape index (κ2) is 7.90. The highest BCUT2D eigenvalue weighted by atomic mass is 16.3. The lowest BCUT2D eigenvalue weighted by molar-refractivity contribution is -0.159. The van der Waals surface area contributed by atoms with Gasteiger partial charge in [0.15, 0.2) is 0 Å². The standard InChI is InChI=1S/C27H48O/c1-18(2)9-8-10-19(3)21-12-13-22-20-17-25(28)24-11-6-7-15-26(24,4)23(20)14-16-27(21,22)5/h18-25,28H,6-17H2,1-5H3/t19-,20?,21?,22?,23?,24?,25-,26-,27-/m1/s1. The Morgan fingerprint density at radius 2 is 1.57 bits per heavy atom. The van der Waals surface area contributed by atoms with Gasteiger partial charge in [-0.3, -0.25) is 0 Å². The summed E-state index contributed by atoms with van der Waals surface area (Å²) in [6.07, 6.45) is 16.6. The maximum absolute atomic E-state index is 11.2. The molecule has 0 bridgehead atoms. The molecule has 0 aliphatic heterocycles. The molecule has 0 spiro atoms. The molecule has 0 saturated heterocycles. The van der Waals surface area contributed by atoms with Crippen LogP contribution in [0, 0.1) is 52.3 Å². The van der Waals surface area contributed by atoms with E-state index in [0.717, 1.165) is 41.9 Å². The van der Waals surface area contributed by atoms with Gasteiger partial charge in [-0.2, -0.15) is 0 Å². The third-order valence-corrected chi connectivity index (χ3v) is 10.8. The lowest BCUT2D eigenvalue weighted by atomic mass is 9.44. The molecule has 1 heteroatoms. The first-order valence-electron chi connectivity index (χ1n) is 13.0. The predicted octanol–water partition coefficient (Wildman–Crippen LogP) is 7.47. The molecular formula is C27H48O. The van der Waals surface area contributed by atoms with E-state index in [1.165, 1.54) is 70.6 Å². The lowest BCUT2D eigenvalue weighted by Crippen LogP contribution is -2.57. The molecule has 0 radical (unpaired) electrons. The summed E-state index contributed by atoms with van der Waals surface area (Å²) >= 11 is 0. The summed E-state index contributed by atoms with van der Waals surface area (Å²) < 4.78 is 0. The molecule has 9 atom stereocenters. The summed E-state index contributed by atoms with van der Waals surface area (Å²) in [6.45, 7) is 12.6. The fourth-order valence-electron chi connectivity index (χ4n) is 9.38. The smallest absolute Gasteiger partial charge is 0.0576 e. The highest BCUT2D eigenvalue weighted by Gasteiger charge is 2.61. The number of aliphatic hydroxyl groups excluding tert-OH is 1. The Balaban J connectivity index is 1.49. The molecule has 28 heavy (non-hydrogen) atoms. The van der Waals surface area contributed by atoms with E-state index in [1.54, 1.807) is 0 Å². The van der Waals surface area contributed by atoms with Crippen LogP contribution in [0.2, 0.25) is 0 Å². The van der Waals surface area contributed by atoms with E-state index in [2.05, 4.69) is 34.6 Å². The summed E-state index contributed by atoms with van der Waals surface area (Å²) in [5, 5.41) is 11.2. The Hall–Kier alpha value is -0.0400. The van der Waals surface area contributed by atoms with Crippen molar-refractivity contribution in [1.29, 1.82) is 0 Å². The topological polar surface area (TPSA) is 20.2 Å². The van der Waals surface area contributed by atoms with E-state index < -0.39 is 0 Å². The number of aliphatic hydroxyl groups is 1. The van der Waals surface area contributed by atoms with Crippen molar-refractivity contribution in [2.75, 3.05) is 0 Å². The minimum absolute atomic E-state index is 0.0172. The van der Waals surface area contributed by atoms with Crippen molar-refractivity contribution in [3.05, 3.63) is 0 Å². The van der Waals surface area contributed by atoms with Gasteiger partial charge in [-0.1, -0.05) is 66.7 Å². The average molecular weight is 389 g/mol. The van der Waals surface area contributed by atoms with Crippen LogP contribution >= 0.6 is 0 Å². The summed E-state index contributed by atoms with van der Waals surface area (Å²) in [7, 11) is 0. The number of rotatable bonds is 5. The van der Waals surface area contributed by atoms with Gasteiger partial charge in [-0.25, -0.2) is 0 Å². The van der Waals surface area contributed by atoms with Crippen LogP contribution in [-0.2, 0) is 0 Å². The Labute approximate surface area is 175 Å². The zero-order valence-corrected chi connectivity index (χ0v) is 19.6. The zero-order chi connectivity index (χ0) is 20.1. The van der Waals surface area contributed by atoms with Gasteiger partial charge in [0.05, 0.1) is 6.10 Å². The Bertz CT molecular complexity index is 540. The molecule has 0 heterocycles. The fraction of sp³-hybridized carbons (Fsp3) is 1.00. The summed E-state index contributed by atoms with van der Waals surface area (Å²) in [5.74, 6) is 5.85. The first-order chi connectivity index (χ1) is 13.3. The van der Waals surface area contributed by atoms with E-state index in [1.807, 2.05) is 0 Å². The Kier molecular flexibility index (Phi) is 5.98. The number of fused-ring (bicyclic) bond motifs is 5. The van der Waals surface area contributed by atoms with E-state index >= 15 is 0 Å². The third-order valence-electron chi connectivity index (χ3n) is 10.8. The molecule has 1 nitrogen and oxygen atoms in total. The highest BCUT2D eigenvalue weighted by molar-refractivity contribution is 5.10. The second-order valence-electron chi connectivity index (χ2n) is 12.6. The molecule has 4 fully saturated rings. The second-order valence-corrected chi connectivity index (χ2v) is 12.6. The maximum atomic E-state index is 11.2. The van der Waals surface area contributed by atoms with Crippen molar-refractivity contribution in [2.24, 2.45) is 52.3 Å². The molecule has 162 valence electrons. The molecule has 1 N–H and O–H groups in total. The first kappa shape index (κ1) is 21.2. The van der Waals surface area contributed by atoms with Crippen LogP contribution in [0.1, 0.15) is 112 Å². The van der Waals surface area contributed by atoms with Crippen molar-refractivity contribution in [3.63, 3.8) is 0 Å². The van der Waals surface area contributed by atoms with Gasteiger partial charge >= 0.3 is 0 Å². The number of hydrogen-bond donors (Lipinski definition) is 1. The van der Waals surface area contributed by atoms with Crippen molar-refractivity contribution in [2.45, 2.75) is 118 Å². The summed E-state index contributed by atoms with van der Waals surface area (Å²) in [6, 6.07) is 0. The number of hydrogen-bond acceptors (Lipinski definition) is 1. The van der Waals surface area contributed by atoms with E-state index in [0.29, 0.717) is 16.7 Å². The van der Waals surface area contributed by atoms with Gasteiger partial charge in [-0.05, 0) is 97.2 Å². The molecule has 0 aromatic rings. The van der Waals surface area contributed by atoms with Gasteiger partial charge in [0.2, 0.25) is 0 Å².